The first-order chi connectivity index (χ1) is 6.39. The van der Waals surface area contributed by atoms with Gasteiger partial charge in [0.05, 0.1) is 0 Å². The Kier molecular flexibility index (Phi) is 5.42. The molecule has 2 nitrogen and oxygen atoms in total. The van der Waals surface area contributed by atoms with E-state index in [1.807, 2.05) is 6.92 Å². The van der Waals surface area contributed by atoms with Gasteiger partial charge in [-0.1, -0.05) is 26.2 Å². The van der Waals surface area contributed by atoms with Gasteiger partial charge in [0, 0.05) is 6.42 Å². The number of carbonyl (C=O) groups is 2. The van der Waals surface area contributed by atoms with Crippen molar-refractivity contribution in [2.75, 3.05) is 0 Å². The standard InChI is InChI=1S/C9H13F3O2/c1-2-3-4-5-6-7(13)8(14)9(10,11)12/h2-6H2,1H3. The van der Waals surface area contributed by atoms with Gasteiger partial charge < -0.3 is 0 Å². The van der Waals surface area contributed by atoms with E-state index < -0.39 is 17.7 Å². The van der Waals surface area contributed by atoms with Crippen LogP contribution in [0.5, 0.6) is 0 Å². The summed E-state index contributed by atoms with van der Waals surface area (Å²) in [6.07, 6.45) is -2.46. The van der Waals surface area contributed by atoms with Crippen molar-refractivity contribution in [3.05, 3.63) is 0 Å². The van der Waals surface area contributed by atoms with Crippen LogP contribution in [0.4, 0.5) is 13.2 Å². The molecule has 0 radical (unpaired) electrons. The summed E-state index contributed by atoms with van der Waals surface area (Å²) in [5, 5.41) is 0. The van der Waals surface area contributed by atoms with Crippen LogP contribution in [0, 0.1) is 0 Å². The number of carbonyl (C=O) groups excluding carboxylic acids is 2. The molecule has 5 heteroatoms. The van der Waals surface area contributed by atoms with Crippen LogP contribution in [0.1, 0.15) is 39.0 Å². The number of rotatable bonds is 6. The average molecular weight is 210 g/mol. The van der Waals surface area contributed by atoms with E-state index in [1.54, 1.807) is 0 Å². The van der Waals surface area contributed by atoms with Crippen LogP contribution < -0.4 is 0 Å². The first kappa shape index (κ1) is 13.1. The molecule has 82 valence electrons. The Bertz CT molecular complexity index is 209. The Labute approximate surface area is 80.5 Å². The normalized spacial score (nSPS) is 11.4. The Hall–Kier alpha value is -0.870. The predicted octanol–water partition coefficient (Wildman–Crippen LogP) is 2.66. The summed E-state index contributed by atoms with van der Waals surface area (Å²) in [7, 11) is 0. The Morgan fingerprint density at radius 2 is 1.64 bits per heavy atom. The monoisotopic (exact) mass is 210 g/mol. The lowest BCUT2D eigenvalue weighted by molar-refractivity contribution is -0.174. The summed E-state index contributed by atoms with van der Waals surface area (Å²) in [5.74, 6) is -3.55. The number of alkyl halides is 3. The maximum Gasteiger partial charge on any atom is 0.458 e. The van der Waals surface area contributed by atoms with Crippen molar-refractivity contribution >= 4 is 11.6 Å². The summed E-state index contributed by atoms with van der Waals surface area (Å²) >= 11 is 0. The molecule has 0 aromatic rings. The average Bonchev–Trinajstić information content (AvgIpc) is 2.09. The lowest BCUT2D eigenvalue weighted by atomic mass is 10.1. The lowest BCUT2D eigenvalue weighted by Crippen LogP contribution is -2.30. The Morgan fingerprint density at radius 1 is 1.07 bits per heavy atom. The zero-order valence-corrected chi connectivity index (χ0v) is 7.99. The van der Waals surface area contributed by atoms with E-state index in [1.165, 1.54) is 0 Å². The quantitative estimate of drug-likeness (QED) is 0.499. The minimum atomic E-state index is -5.01. The second-order valence-corrected chi connectivity index (χ2v) is 3.06. The second kappa shape index (κ2) is 5.78. The van der Waals surface area contributed by atoms with Crippen molar-refractivity contribution in [3.8, 4) is 0 Å². The number of hydrogen-bond acceptors (Lipinski definition) is 2. The maximum absolute atomic E-state index is 11.7. The van der Waals surface area contributed by atoms with Gasteiger partial charge in [-0.2, -0.15) is 13.2 Å². The summed E-state index contributed by atoms with van der Waals surface area (Å²) < 4.78 is 35.1. The van der Waals surface area contributed by atoms with Gasteiger partial charge in [-0.05, 0) is 6.42 Å². The topological polar surface area (TPSA) is 34.1 Å². The van der Waals surface area contributed by atoms with Gasteiger partial charge in [0.15, 0.2) is 0 Å². The molecule has 0 aromatic heterocycles. The van der Waals surface area contributed by atoms with E-state index in [-0.39, 0.29) is 6.42 Å². The number of halogens is 3. The van der Waals surface area contributed by atoms with Crippen LogP contribution in [0.3, 0.4) is 0 Å². The number of hydrogen-bond donors (Lipinski definition) is 0. The zero-order chi connectivity index (χ0) is 11.2. The van der Waals surface area contributed by atoms with Crippen LogP contribution >= 0.6 is 0 Å². The van der Waals surface area contributed by atoms with Crippen LogP contribution in [0.15, 0.2) is 0 Å². The van der Waals surface area contributed by atoms with E-state index in [4.69, 9.17) is 0 Å². The van der Waals surface area contributed by atoms with Crippen molar-refractivity contribution in [2.45, 2.75) is 45.2 Å². The fourth-order valence-corrected chi connectivity index (χ4v) is 0.984. The third-order valence-electron chi connectivity index (χ3n) is 1.77. The molecule has 0 saturated carbocycles. The number of ketones is 2. The molecule has 0 fully saturated rings. The van der Waals surface area contributed by atoms with Crippen LogP contribution in [-0.4, -0.2) is 17.7 Å². The minimum Gasteiger partial charge on any atom is -0.291 e. The van der Waals surface area contributed by atoms with Crippen molar-refractivity contribution in [3.63, 3.8) is 0 Å². The first-order valence-corrected chi connectivity index (χ1v) is 4.54. The SMILES string of the molecule is CCCCCCC(=O)C(=O)C(F)(F)F. The molecule has 14 heavy (non-hydrogen) atoms. The van der Waals surface area contributed by atoms with Crippen molar-refractivity contribution in [2.24, 2.45) is 0 Å². The van der Waals surface area contributed by atoms with E-state index in [0.717, 1.165) is 12.8 Å². The fraction of sp³-hybridized carbons (Fsp3) is 0.778. The summed E-state index contributed by atoms with van der Waals surface area (Å²) in [6.45, 7) is 1.95. The highest BCUT2D eigenvalue weighted by Crippen LogP contribution is 2.17. The van der Waals surface area contributed by atoms with Crippen molar-refractivity contribution in [1.29, 1.82) is 0 Å². The fourth-order valence-electron chi connectivity index (χ4n) is 0.984. The van der Waals surface area contributed by atoms with E-state index in [9.17, 15) is 22.8 Å². The molecule has 0 spiro atoms. The van der Waals surface area contributed by atoms with Gasteiger partial charge in [0.25, 0.3) is 0 Å². The van der Waals surface area contributed by atoms with Crippen LogP contribution in [-0.2, 0) is 9.59 Å². The molecule has 0 N–H and O–H groups in total. The van der Waals surface area contributed by atoms with Crippen LogP contribution in [0.2, 0.25) is 0 Å². The highest BCUT2D eigenvalue weighted by Gasteiger charge is 2.42. The van der Waals surface area contributed by atoms with Crippen molar-refractivity contribution in [1.82, 2.24) is 0 Å². The van der Waals surface area contributed by atoms with Crippen LogP contribution in [0.25, 0.3) is 0 Å². The second-order valence-electron chi connectivity index (χ2n) is 3.06. The van der Waals surface area contributed by atoms with E-state index >= 15 is 0 Å². The molecule has 0 amide bonds. The molecule has 0 aliphatic carbocycles. The van der Waals surface area contributed by atoms with Gasteiger partial charge >= 0.3 is 12.0 Å². The Balaban J connectivity index is 3.81. The molecular formula is C9H13F3O2. The molecule has 0 rings (SSSR count). The molecule has 0 bridgehead atoms. The van der Waals surface area contributed by atoms with Gasteiger partial charge in [0.2, 0.25) is 5.78 Å². The smallest absolute Gasteiger partial charge is 0.291 e. The van der Waals surface area contributed by atoms with E-state index in [2.05, 4.69) is 0 Å². The Morgan fingerprint density at radius 3 is 2.07 bits per heavy atom. The lowest BCUT2D eigenvalue weighted by Gasteiger charge is -2.03. The largest absolute Gasteiger partial charge is 0.458 e. The summed E-state index contributed by atoms with van der Waals surface area (Å²) in [4.78, 5) is 21.0. The molecule has 0 aromatic carbocycles. The van der Waals surface area contributed by atoms with Gasteiger partial charge in [-0.3, -0.25) is 9.59 Å². The highest BCUT2D eigenvalue weighted by molar-refractivity contribution is 6.39. The van der Waals surface area contributed by atoms with Gasteiger partial charge in [-0.15, -0.1) is 0 Å². The molecule has 0 heterocycles. The molecule has 0 aliphatic heterocycles. The summed E-state index contributed by atoms with van der Waals surface area (Å²) in [5.41, 5.74) is 0. The van der Waals surface area contributed by atoms with Gasteiger partial charge in [-0.25, -0.2) is 0 Å². The number of unbranched alkanes of at least 4 members (excludes halogenated alkanes) is 3. The predicted molar refractivity (Wildman–Crippen MR) is 44.8 cm³/mol. The number of Topliss-reactive ketones (excluding diaryl/α,β-unsaturated/α-hetero) is 2. The first-order valence-electron chi connectivity index (χ1n) is 4.54. The molecule has 0 unspecified atom stereocenters. The minimum absolute atomic E-state index is 0.293. The molecule has 0 aliphatic rings. The molecular weight excluding hydrogens is 197 g/mol. The molecule has 0 saturated heterocycles. The van der Waals surface area contributed by atoms with Crippen molar-refractivity contribution < 1.29 is 22.8 Å². The third kappa shape index (κ3) is 4.99. The molecule has 0 atom stereocenters. The maximum atomic E-state index is 11.7. The zero-order valence-electron chi connectivity index (χ0n) is 7.99. The summed E-state index contributed by atoms with van der Waals surface area (Å²) in [6, 6.07) is 0. The van der Waals surface area contributed by atoms with Gasteiger partial charge in [0.1, 0.15) is 0 Å². The van der Waals surface area contributed by atoms with E-state index in [0.29, 0.717) is 12.8 Å². The third-order valence-corrected chi connectivity index (χ3v) is 1.77. The highest BCUT2D eigenvalue weighted by atomic mass is 19.4.